The molecule has 0 bridgehead atoms. The maximum atomic E-state index is 12.6. The number of nitrogens with one attached hydrogen (secondary N) is 1. The van der Waals surface area contributed by atoms with Crippen LogP contribution in [0.15, 0.2) is 53.0 Å². The molecular formula is C19H18BrNO4. The number of esters is 1. The Balaban J connectivity index is 1.84. The Bertz CT molecular complexity index is 774. The molecule has 0 aliphatic heterocycles. The minimum absolute atomic E-state index is 0.181. The summed E-state index contributed by atoms with van der Waals surface area (Å²) in [7, 11) is 1.52. The molecule has 2 aromatic carbocycles. The highest BCUT2D eigenvalue weighted by atomic mass is 79.9. The van der Waals surface area contributed by atoms with E-state index in [9.17, 15) is 9.59 Å². The van der Waals surface area contributed by atoms with Gasteiger partial charge in [0.15, 0.2) is 0 Å². The van der Waals surface area contributed by atoms with E-state index in [1.54, 1.807) is 30.3 Å². The molecule has 1 atom stereocenters. The topological polar surface area (TPSA) is 64.6 Å². The van der Waals surface area contributed by atoms with Crippen molar-refractivity contribution in [2.75, 3.05) is 7.11 Å². The Morgan fingerprint density at radius 3 is 2.52 bits per heavy atom. The highest BCUT2D eigenvalue weighted by Crippen LogP contribution is 2.27. The second-order valence-electron chi connectivity index (χ2n) is 5.82. The molecular weight excluding hydrogens is 386 g/mol. The molecule has 0 spiro atoms. The summed E-state index contributed by atoms with van der Waals surface area (Å²) >= 11 is 3.34. The molecule has 1 aliphatic rings. The molecule has 130 valence electrons. The minimum atomic E-state index is -0.993. The first kappa shape index (κ1) is 17.5. The monoisotopic (exact) mass is 403 g/mol. The van der Waals surface area contributed by atoms with Crippen molar-refractivity contribution in [1.82, 2.24) is 5.32 Å². The summed E-state index contributed by atoms with van der Waals surface area (Å²) in [5.74, 6) is -0.361. The summed E-state index contributed by atoms with van der Waals surface area (Å²) in [5.41, 5.74) is 0.938. The van der Waals surface area contributed by atoms with Gasteiger partial charge in [-0.1, -0.05) is 30.3 Å². The van der Waals surface area contributed by atoms with Crippen LogP contribution >= 0.6 is 15.9 Å². The number of carbonyl (C=O) groups is 2. The van der Waals surface area contributed by atoms with Crippen molar-refractivity contribution in [3.8, 4) is 5.75 Å². The average Bonchev–Trinajstić information content (AvgIpc) is 3.44. The zero-order valence-corrected chi connectivity index (χ0v) is 15.3. The normalized spacial score (nSPS) is 14.5. The molecule has 0 saturated heterocycles. The number of benzene rings is 2. The van der Waals surface area contributed by atoms with Crippen molar-refractivity contribution in [2.45, 2.75) is 25.0 Å². The molecule has 0 heterocycles. The summed E-state index contributed by atoms with van der Waals surface area (Å²) in [4.78, 5) is 25.2. The second-order valence-corrected chi connectivity index (χ2v) is 6.68. The Morgan fingerprint density at radius 2 is 1.88 bits per heavy atom. The van der Waals surface area contributed by atoms with Gasteiger partial charge in [0.2, 0.25) is 6.10 Å². The number of carbonyl (C=O) groups excluding carboxylic acids is 2. The van der Waals surface area contributed by atoms with Crippen molar-refractivity contribution >= 4 is 27.8 Å². The van der Waals surface area contributed by atoms with Gasteiger partial charge in [-0.25, -0.2) is 4.79 Å². The van der Waals surface area contributed by atoms with Gasteiger partial charge in [0.1, 0.15) is 5.75 Å². The molecule has 6 heteroatoms. The van der Waals surface area contributed by atoms with Crippen LogP contribution in [0.4, 0.5) is 0 Å². The van der Waals surface area contributed by atoms with E-state index in [-0.39, 0.29) is 11.9 Å². The largest absolute Gasteiger partial charge is 0.497 e. The van der Waals surface area contributed by atoms with Crippen molar-refractivity contribution in [3.05, 3.63) is 64.1 Å². The van der Waals surface area contributed by atoms with Crippen LogP contribution in [0.5, 0.6) is 5.75 Å². The van der Waals surface area contributed by atoms with Crippen molar-refractivity contribution in [1.29, 1.82) is 0 Å². The summed E-state index contributed by atoms with van der Waals surface area (Å²) in [6.07, 6.45) is 0.929. The van der Waals surface area contributed by atoms with Crippen LogP contribution in [-0.4, -0.2) is 25.0 Å². The third-order valence-corrected chi connectivity index (χ3v) is 4.57. The average molecular weight is 404 g/mol. The van der Waals surface area contributed by atoms with Gasteiger partial charge >= 0.3 is 5.97 Å². The third-order valence-electron chi connectivity index (χ3n) is 3.88. The van der Waals surface area contributed by atoms with Gasteiger partial charge in [-0.15, -0.1) is 0 Å². The Labute approximate surface area is 154 Å². The van der Waals surface area contributed by atoms with Gasteiger partial charge < -0.3 is 14.8 Å². The molecule has 0 aromatic heterocycles. The van der Waals surface area contributed by atoms with Gasteiger partial charge in [-0.3, -0.25) is 4.79 Å². The number of halogens is 1. The number of ether oxygens (including phenoxy) is 2. The maximum Gasteiger partial charge on any atom is 0.340 e. The van der Waals surface area contributed by atoms with E-state index >= 15 is 0 Å². The molecule has 1 saturated carbocycles. The number of hydrogen-bond acceptors (Lipinski definition) is 4. The van der Waals surface area contributed by atoms with Crippen LogP contribution in [0.25, 0.3) is 0 Å². The molecule has 25 heavy (non-hydrogen) atoms. The minimum Gasteiger partial charge on any atom is -0.497 e. The fourth-order valence-corrected chi connectivity index (χ4v) is 2.77. The molecule has 1 fully saturated rings. The summed E-state index contributed by atoms with van der Waals surface area (Å²) in [6.45, 7) is 0. The smallest absolute Gasteiger partial charge is 0.340 e. The molecule has 2 aromatic rings. The first-order valence-corrected chi connectivity index (χ1v) is 8.77. The summed E-state index contributed by atoms with van der Waals surface area (Å²) in [6, 6.07) is 14.2. The maximum absolute atomic E-state index is 12.6. The van der Waals surface area contributed by atoms with Crippen LogP contribution in [0, 0.1) is 0 Å². The lowest BCUT2D eigenvalue weighted by Gasteiger charge is -2.18. The van der Waals surface area contributed by atoms with E-state index < -0.39 is 12.1 Å². The van der Waals surface area contributed by atoms with E-state index in [2.05, 4.69) is 21.2 Å². The van der Waals surface area contributed by atoms with E-state index in [1.807, 2.05) is 18.2 Å². The van der Waals surface area contributed by atoms with Crippen LogP contribution < -0.4 is 10.1 Å². The van der Waals surface area contributed by atoms with E-state index in [1.165, 1.54) is 7.11 Å². The van der Waals surface area contributed by atoms with Gasteiger partial charge in [0.05, 0.1) is 12.7 Å². The lowest BCUT2D eigenvalue weighted by Crippen LogP contribution is -2.33. The van der Waals surface area contributed by atoms with Crippen LogP contribution in [-0.2, 0) is 9.53 Å². The standard InChI is InChI=1S/C19H18BrNO4/c1-24-14-9-10-16(20)15(11-14)19(23)25-17(12-5-3-2-4-6-12)18(22)21-13-7-8-13/h2-6,9-11,13,17H,7-8H2,1H3,(H,21,22)/t17-/m0/s1. The zero-order chi connectivity index (χ0) is 17.8. The predicted octanol–water partition coefficient (Wildman–Crippen LogP) is 3.63. The molecule has 5 nitrogen and oxygen atoms in total. The molecule has 1 N–H and O–H groups in total. The Kier molecular flexibility index (Phi) is 5.38. The fraction of sp³-hybridized carbons (Fsp3) is 0.263. The van der Waals surface area contributed by atoms with Gasteiger partial charge in [-0.05, 0) is 47.0 Å². The highest BCUT2D eigenvalue weighted by molar-refractivity contribution is 9.10. The molecule has 0 unspecified atom stereocenters. The highest BCUT2D eigenvalue weighted by Gasteiger charge is 2.31. The first-order valence-electron chi connectivity index (χ1n) is 7.98. The van der Waals surface area contributed by atoms with Gasteiger partial charge in [0.25, 0.3) is 5.91 Å². The second kappa shape index (κ2) is 7.70. The van der Waals surface area contributed by atoms with Crippen molar-refractivity contribution in [2.24, 2.45) is 0 Å². The molecule has 1 amide bonds. The summed E-state index contributed by atoms with van der Waals surface area (Å²) < 4.78 is 11.3. The van der Waals surface area contributed by atoms with Crippen LogP contribution in [0.1, 0.15) is 34.9 Å². The van der Waals surface area contributed by atoms with E-state index in [0.29, 0.717) is 21.3 Å². The van der Waals surface area contributed by atoms with Crippen LogP contribution in [0.2, 0.25) is 0 Å². The zero-order valence-electron chi connectivity index (χ0n) is 13.7. The van der Waals surface area contributed by atoms with Gasteiger partial charge in [0, 0.05) is 16.1 Å². The Hall–Kier alpha value is -2.34. The van der Waals surface area contributed by atoms with Gasteiger partial charge in [-0.2, -0.15) is 0 Å². The van der Waals surface area contributed by atoms with E-state index in [4.69, 9.17) is 9.47 Å². The predicted molar refractivity (Wildman–Crippen MR) is 96.5 cm³/mol. The Morgan fingerprint density at radius 1 is 1.16 bits per heavy atom. The van der Waals surface area contributed by atoms with Crippen LogP contribution in [0.3, 0.4) is 0 Å². The number of methoxy groups -OCH3 is 1. The summed E-state index contributed by atoms with van der Waals surface area (Å²) in [5, 5.41) is 2.89. The molecule has 0 radical (unpaired) electrons. The molecule has 3 rings (SSSR count). The third kappa shape index (κ3) is 4.39. The number of hydrogen-bond donors (Lipinski definition) is 1. The SMILES string of the molecule is COc1ccc(Br)c(C(=O)O[C@H](C(=O)NC2CC2)c2ccccc2)c1. The molecule has 1 aliphatic carbocycles. The van der Waals surface area contributed by atoms with Crippen molar-refractivity contribution in [3.63, 3.8) is 0 Å². The number of amides is 1. The lowest BCUT2D eigenvalue weighted by molar-refractivity contribution is -0.130. The quantitative estimate of drug-likeness (QED) is 0.747. The fourth-order valence-electron chi connectivity index (χ4n) is 2.36. The van der Waals surface area contributed by atoms with Crippen molar-refractivity contribution < 1.29 is 19.1 Å². The first-order chi connectivity index (χ1) is 12.1. The number of rotatable bonds is 6. The lowest BCUT2D eigenvalue weighted by atomic mass is 10.1. The van der Waals surface area contributed by atoms with E-state index in [0.717, 1.165) is 12.8 Å².